The van der Waals surface area contributed by atoms with Gasteiger partial charge in [0.15, 0.2) is 11.5 Å². The van der Waals surface area contributed by atoms with Crippen LogP contribution in [0.15, 0.2) is 18.2 Å². The van der Waals surface area contributed by atoms with E-state index < -0.39 is 0 Å². The molecule has 0 saturated heterocycles. The molecule has 2 rings (SSSR count). The van der Waals surface area contributed by atoms with E-state index in [1.807, 2.05) is 26.0 Å². The number of urea groups is 1. The lowest BCUT2D eigenvalue weighted by molar-refractivity contribution is 0.248. The van der Waals surface area contributed by atoms with E-state index in [1.54, 1.807) is 6.07 Å². The summed E-state index contributed by atoms with van der Waals surface area (Å²) < 4.78 is 11.1. The Morgan fingerprint density at radius 1 is 1.14 bits per heavy atom. The van der Waals surface area contributed by atoms with Gasteiger partial charge in [-0.05, 0) is 38.8 Å². The summed E-state index contributed by atoms with van der Waals surface area (Å²) in [7, 11) is 0. The number of ether oxygens (including phenoxy) is 2. The Bertz CT molecular complexity index is 471. The molecular weight excluding hydrogens is 268 g/mol. The molecular formula is C16H24N2O3. The van der Waals surface area contributed by atoms with Crippen molar-refractivity contribution >= 4 is 11.7 Å². The molecule has 0 unspecified atom stereocenters. The number of rotatable bonds is 6. The molecule has 0 bridgehead atoms. The number of amides is 2. The Labute approximate surface area is 126 Å². The molecule has 5 nitrogen and oxygen atoms in total. The van der Waals surface area contributed by atoms with Crippen molar-refractivity contribution in [1.82, 2.24) is 5.32 Å². The highest BCUT2D eigenvalue weighted by Gasteiger charge is 2.17. The van der Waals surface area contributed by atoms with Crippen LogP contribution in [0.3, 0.4) is 0 Å². The van der Waals surface area contributed by atoms with E-state index in [1.165, 1.54) is 12.8 Å². The minimum Gasteiger partial charge on any atom is -0.490 e. The quantitative estimate of drug-likeness (QED) is 0.843. The van der Waals surface area contributed by atoms with Gasteiger partial charge in [0, 0.05) is 17.8 Å². The lowest BCUT2D eigenvalue weighted by Gasteiger charge is -2.15. The van der Waals surface area contributed by atoms with Crippen molar-refractivity contribution in [2.24, 2.45) is 0 Å². The van der Waals surface area contributed by atoms with Crippen LogP contribution in [0, 0.1) is 0 Å². The largest absolute Gasteiger partial charge is 0.490 e. The zero-order chi connectivity index (χ0) is 15.1. The predicted molar refractivity (Wildman–Crippen MR) is 83.2 cm³/mol. The molecule has 0 aromatic heterocycles. The number of carbonyl (C=O) groups excluding carboxylic acids is 1. The third kappa shape index (κ3) is 4.55. The van der Waals surface area contributed by atoms with E-state index in [-0.39, 0.29) is 6.03 Å². The summed E-state index contributed by atoms with van der Waals surface area (Å²) in [6.07, 6.45) is 4.53. The standard InChI is InChI=1S/C16H24N2O3/c1-3-20-14-10-9-13(11-15(14)21-4-2)18-16(19)17-12-7-5-6-8-12/h9-12H,3-8H2,1-2H3,(H2,17,18,19). The van der Waals surface area contributed by atoms with E-state index in [0.29, 0.717) is 36.4 Å². The van der Waals surface area contributed by atoms with Gasteiger partial charge in [-0.1, -0.05) is 12.8 Å². The van der Waals surface area contributed by atoms with Crippen LogP contribution in [-0.4, -0.2) is 25.3 Å². The van der Waals surface area contributed by atoms with Gasteiger partial charge in [-0.25, -0.2) is 4.79 Å². The zero-order valence-electron chi connectivity index (χ0n) is 12.8. The van der Waals surface area contributed by atoms with E-state index in [9.17, 15) is 4.79 Å². The van der Waals surface area contributed by atoms with Crippen LogP contribution in [0.5, 0.6) is 11.5 Å². The van der Waals surface area contributed by atoms with E-state index in [2.05, 4.69) is 10.6 Å². The lowest BCUT2D eigenvalue weighted by atomic mass is 10.2. The molecule has 0 atom stereocenters. The van der Waals surface area contributed by atoms with Crippen molar-refractivity contribution in [3.05, 3.63) is 18.2 Å². The fourth-order valence-electron chi connectivity index (χ4n) is 2.55. The monoisotopic (exact) mass is 292 g/mol. The van der Waals surface area contributed by atoms with Crippen molar-refractivity contribution < 1.29 is 14.3 Å². The number of hydrogen-bond donors (Lipinski definition) is 2. The SMILES string of the molecule is CCOc1ccc(NC(=O)NC2CCCC2)cc1OCC. The molecule has 1 aliphatic carbocycles. The topological polar surface area (TPSA) is 59.6 Å². The number of carbonyl (C=O) groups is 1. The lowest BCUT2D eigenvalue weighted by Crippen LogP contribution is -2.36. The van der Waals surface area contributed by atoms with Crippen LogP contribution in [-0.2, 0) is 0 Å². The third-order valence-electron chi connectivity index (χ3n) is 3.49. The molecule has 0 radical (unpaired) electrons. The maximum atomic E-state index is 12.0. The highest BCUT2D eigenvalue weighted by molar-refractivity contribution is 5.89. The van der Waals surface area contributed by atoms with Crippen molar-refractivity contribution in [3.63, 3.8) is 0 Å². The van der Waals surface area contributed by atoms with Gasteiger partial charge in [0.05, 0.1) is 13.2 Å². The molecule has 0 heterocycles. The molecule has 2 amide bonds. The summed E-state index contributed by atoms with van der Waals surface area (Å²) in [5, 5.41) is 5.85. The van der Waals surface area contributed by atoms with E-state index in [4.69, 9.17) is 9.47 Å². The summed E-state index contributed by atoms with van der Waals surface area (Å²) in [6, 6.07) is 5.58. The number of hydrogen-bond acceptors (Lipinski definition) is 3. The second-order valence-corrected chi connectivity index (χ2v) is 5.11. The highest BCUT2D eigenvalue weighted by atomic mass is 16.5. The molecule has 0 aliphatic heterocycles. The first-order valence-electron chi connectivity index (χ1n) is 7.70. The smallest absolute Gasteiger partial charge is 0.319 e. The van der Waals surface area contributed by atoms with Crippen molar-refractivity contribution in [1.29, 1.82) is 0 Å². The van der Waals surface area contributed by atoms with Gasteiger partial charge >= 0.3 is 6.03 Å². The van der Waals surface area contributed by atoms with Crippen LogP contribution in [0.1, 0.15) is 39.5 Å². The van der Waals surface area contributed by atoms with Gasteiger partial charge in [0.1, 0.15) is 0 Å². The second-order valence-electron chi connectivity index (χ2n) is 5.11. The van der Waals surface area contributed by atoms with Crippen LogP contribution >= 0.6 is 0 Å². The Morgan fingerprint density at radius 3 is 2.48 bits per heavy atom. The molecule has 5 heteroatoms. The van der Waals surface area contributed by atoms with Crippen molar-refractivity contribution in [2.45, 2.75) is 45.6 Å². The van der Waals surface area contributed by atoms with Crippen LogP contribution in [0.25, 0.3) is 0 Å². The maximum Gasteiger partial charge on any atom is 0.319 e. The van der Waals surface area contributed by atoms with Gasteiger partial charge in [-0.2, -0.15) is 0 Å². The molecule has 1 aromatic rings. The fraction of sp³-hybridized carbons (Fsp3) is 0.562. The minimum atomic E-state index is -0.159. The van der Waals surface area contributed by atoms with Gasteiger partial charge < -0.3 is 20.1 Å². The first kappa shape index (κ1) is 15.5. The van der Waals surface area contributed by atoms with E-state index in [0.717, 1.165) is 12.8 Å². The highest BCUT2D eigenvalue weighted by Crippen LogP contribution is 2.30. The average Bonchev–Trinajstić information content (AvgIpc) is 2.95. The Kier molecular flexibility index (Phi) is 5.72. The number of anilines is 1. The van der Waals surface area contributed by atoms with Gasteiger partial charge in [-0.3, -0.25) is 0 Å². The Balaban J connectivity index is 1.98. The normalized spacial score (nSPS) is 14.8. The molecule has 1 saturated carbocycles. The van der Waals surface area contributed by atoms with Crippen LogP contribution in [0.2, 0.25) is 0 Å². The summed E-state index contributed by atoms with van der Waals surface area (Å²) in [5.74, 6) is 1.35. The maximum absolute atomic E-state index is 12.0. The molecule has 116 valence electrons. The summed E-state index contributed by atoms with van der Waals surface area (Å²) in [4.78, 5) is 12.0. The van der Waals surface area contributed by atoms with E-state index >= 15 is 0 Å². The molecule has 1 aromatic carbocycles. The minimum absolute atomic E-state index is 0.159. The van der Waals surface area contributed by atoms with Gasteiger partial charge in [-0.15, -0.1) is 0 Å². The fourth-order valence-corrected chi connectivity index (χ4v) is 2.55. The average molecular weight is 292 g/mol. The zero-order valence-corrected chi connectivity index (χ0v) is 12.8. The van der Waals surface area contributed by atoms with Crippen molar-refractivity contribution in [3.8, 4) is 11.5 Å². The Morgan fingerprint density at radius 2 is 1.81 bits per heavy atom. The summed E-state index contributed by atoms with van der Waals surface area (Å²) >= 11 is 0. The third-order valence-corrected chi connectivity index (χ3v) is 3.49. The second kappa shape index (κ2) is 7.76. The molecule has 21 heavy (non-hydrogen) atoms. The first-order chi connectivity index (χ1) is 10.2. The van der Waals surface area contributed by atoms with Crippen LogP contribution < -0.4 is 20.1 Å². The number of benzene rings is 1. The molecule has 0 spiro atoms. The van der Waals surface area contributed by atoms with Gasteiger partial charge in [0.2, 0.25) is 0 Å². The first-order valence-corrected chi connectivity index (χ1v) is 7.70. The summed E-state index contributed by atoms with van der Waals surface area (Å²) in [6.45, 7) is 4.98. The molecule has 1 fully saturated rings. The molecule has 2 N–H and O–H groups in total. The Hall–Kier alpha value is -1.91. The van der Waals surface area contributed by atoms with Crippen LogP contribution in [0.4, 0.5) is 10.5 Å². The van der Waals surface area contributed by atoms with Crippen molar-refractivity contribution in [2.75, 3.05) is 18.5 Å². The predicted octanol–water partition coefficient (Wildman–Crippen LogP) is 3.55. The van der Waals surface area contributed by atoms with Gasteiger partial charge in [0.25, 0.3) is 0 Å². The molecule has 1 aliphatic rings. The number of nitrogens with one attached hydrogen (secondary N) is 2. The summed E-state index contributed by atoms with van der Waals surface area (Å²) in [5.41, 5.74) is 0.706.